The van der Waals surface area contributed by atoms with Crippen LogP contribution in [0.2, 0.25) is 0 Å². The molecule has 4 rings (SSSR count). The lowest BCUT2D eigenvalue weighted by Crippen LogP contribution is -2.68. The zero-order valence-corrected chi connectivity index (χ0v) is 19.8. The van der Waals surface area contributed by atoms with E-state index in [9.17, 15) is 9.90 Å². The van der Waals surface area contributed by atoms with Crippen molar-refractivity contribution in [3.8, 4) is 11.8 Å². The van der Waals surface area contributed by atoms with Crippen LogP contribution in [-0.2, 0) is 11.2 Å². The second-order valence-corrected chi connectivity index (χ2v) is 9.65. The predicted molar refractivity (Wildman–Crippen MR) is 131 cm³/mol. The molecule has 1 aromatic carbocycles. The van der Waals surface area contributed by atoms with Crippen LogP contribution in [0.15, 0.2) is 48.7 Å². The highest BCUT2D eigenvalue weighted by molar-refractivity contribution is 5.78. The summed E-state index contributed by atoms with van der Waals surface area (Å²) in [6.07, 6.45) is 5.01. The van der Waals surface area contributed by atoms with Crippen molar-refractivity contribution in [1.29, 1.82) is 0 Å². The number of aromatic nitrogens is 1. The maximum absolute atomic E-state index is 13.1. The molecule has 0 unspecified atom stereocenters. The zero-order valence-electron chi connectivity index (χ0n) is 19.8. The summed E-state index contributed by atoms with van der Waals surface area (Å²) in [5.74, 6) is 7.43. The van der Waals surface area contributed by atoms with Gasteiger partial charge in [-0.1, -0.05) is 43.9 Å². The highest BCUT2D eigenvalue weighted by Gasteiger charge is 2.49. The second kappa shape index (κ2) is 11.0. The molecule has 2 aromatic rings. The van der Waals surface area contributed by atoms with Crippen LogP contribution in [0, 0.1) is 17.8 Å². The van der Waals surface area contributed by atoms with Gasteiger partial charge >= 0.3 is 0 Å². The van der Waals surface area contributed by atoms with Gasteiger partial charge in [-0.15, -0.1) is 0 Å². The monoisotopic (exact) mass is 445 g/mol. The third kappa shape index (κ3) is 5.63. The molecule has 1 N–H and O–H groups in total. The van der Waals surface area contributed by atoms with Gasteiger partial charge in [0.1, 0.15) is 0 Å². The third-order valence-corrected chi connectivity index (χ3v) is 6.82. The average Bonchev–Trinajstić information content (AvgIpc) is 2.79. The standard InChI is InChI=1S/C28H35N3O2/c1-21(2)8-7-9-22-11-13-23(14-12-22)28-25-19-30(16-5-6-17-31(25)26(28)20-32)27(33)18-24-10-3-4-15-29-24/h3-4,10-15,21,25-26,28,32H,5-6,8,16-20H2,1-2H3/t25-,26-,28+/m0/s1. The maximum Gasteiger partial charge on any atom is 0.228 e. The molecule has 2 saturated heterocycles. The number of rotatable bonds is 5. The molecule has 174 valence electrons. The lowest BCUT2D eigenvalue weighted by molar-refractivity contribution is -0.135. The number of carbonyl (C=O) groups excluding carboxylic acids is 1. The number of aliphatic hydroxyl groups is 1. The van der Waals surface area contributed by atoms with Crippen molar-refractivity contribution in [2.24, 2.45) is 5.92 Å². The second-order valence-electron chi connectivity index (χ2n) is 9.65. The zero-order chi connectivity index (χ0) is 23.2. The molecule has 2 aliphatic rings. The summed E-state index contributed by atoms with van der Waals surface area (Å²) in [5, 5.41) is 10.2. The van der Waals surface area contributed by atoms with Crippen molar-refractivity contribution in [1.82, 2.24) is 14.8 Å². The van der Waals surface area contributed by atoms with Crippen molar-refractivity contribution >= 4 is 5.91 Å². The highest BCUT2D eigenvalue weighted by Crippen LogP contribution is 2.42. The maximum atomic E-state index is 13.1. The molecule has 1 aromatic heterocycles. The van der Waals surface area contributed by atoms with E-state index in [-0.39, 0.29) is 30.5 Å². The molecular formula is C28H35N3O2. The van der Waals surface area contributed by atoms with E-state index in [1.54, 1.807) is 6.20 Å². The first-order valence-corrected chi connectivity index (χ1v) is 12.2. The van der Waals surface area contributed by atoms with Gasteiger partial charge in [-0.3, -0.25) is 14.7 Å². The van der Waals surface area contributed by atoms with Gasteiger partial charge in [0.15, 0.2) is 0 Å². The Kier molecular flexibility index (Phi) is 7.80. The van der Waals surface area contributed by atoms with Crippen LogP contribution < -0.4 is 0 Å². The minimum Gasteiger partial charge on any atom is -0.395 e. The highest BCUT2D eigenvalue weighted by atomic mass is 16.3. The fourth-order valence-corrected chi connectivity index (χ4v) is 5.08. The van der Waals surface area contributed by atoms with Crippen molar-refractivity contribution in [2.75, 3.05) is 26.2 Å². The first-order chi connectivity index (χ1) is 16.1. The number of nitrogens with zero attached hydrogens (tertiary/aromatic N) is 3. The summed E-state index contributed by atoms with van der Waals surface area (Å²) in [7, 11) is 0. The van der Waals surface area contributed by atoms with Gasteiger partial charge in [0, 0.05) is 55.0 Å². The van der Waals surface area contributed by atoms with Gasteiger partial charge in [0.2, 0.25) is 5.91 Å². The smallest absolute Gasteiger partial charge is 0.228 e. The number of pyridine rings is 1. The number of hydrogen-bond acceptors (Lipinski definition) is 4. The van der Waals surface area contributed by atoms with Gasteiger partial charge < -0.3 is 10.0 Å². The Balaban J connectivity index is 1.49. The van der Waals surface area contributed by atoms with Crippen LogP contribution >= 0.6 is 0 Å². The van der Waals surface area contributed by atoms with Crippen molar-refractivity contribution in [2.45, 2.75) is 57.5 Å². The molecule has 0 bridgehead atoms. The Labute approximate surface area is 197 Å². The Bertz CT molecular complexity index is 978. The summed E-state index contributed by atoms with van der Waals surface area (Å²) in [6, 6.07) is 14.5. The number of aliphatic hydroxyl groups excluding tert-OH is 1. The van der Waals surface area contributed by atoms with E-state index in [4.69, 9.17) is 0 Å². The summed E-state index contributed by atoms with van der Waals surface area (Å²) in [4.78, 5) is 21.8. The van der Waals surface area contributed by atoms with Gasteiger partial charge in [-0.2, -0.15) is 0 Å². The molecule has 5 heteroatoms. The fraction of sp³-hybridized carbons (Fsp3) is 0.500. The van der Waals surface area contributed by atoms with E-state index in [2.05, 4.69) is 59.8 Å². The van der Waals surface area contributed by atoms with Crippen LogP contribution in [-0.4, -0.2) is 64.1 Å². The lowest BCUT2D eigenvalue weighted by Gasteiger charge is -2.57. The molecule has 3 atom stereocenters. The quantitative estimate of drug-likeness (QED) is 0.716. The first-order valence-electron chi connectivity index (χ1n) is 12.2. The number of amides is 1. The van der Waals surface area contributed by atoms with E-state index in [1.165, 1.54) is 5.56 Å². The number of benzene rings is 1. The molecule has 3 heterocycles. The van der Waals surface area contributed by atoms with E-state index in [0.717, 1.165) is 43.6 Å². The van der Waals surface area contributed by atoms with Gasteiger partial charge in [-0.25, -0.2) is 0 Å². The molecule has 0 saturated carbocycles. The fourth-order valence-electron chi connectivity index (χ4n) is 5.08. The molecule has 33 heavy (non-hydrogen) atoms. The lowest BCUT2D eigenvalue weighted by atomic mass is 9.74. The predicted octanol–water partition coefficient (Wildman–Crippen LogP) is 3.47. The Morgan fingerprint density at radius 1 is 1.15 bits per heavy atom. The van der Waals surface area contributed by atoms with Crippen molar-refractivity contribution in [3.63, 3.8) is 0 Å². The molecule has 0 aliphatic carbocycles. The number of hydrogen-bond donors (Lipinski definition) is 1. The van der Waals surface area contributed by atoms with E-state index in [1.807, 2.05) is 23.1 Å². The Hall–Kier alpha value is -2.68. The van der Waals surface area contributed by atoms with Crippen LogP contribution in [0.25, 0.3) is 0 Å². The number of carbonyl (C=O) groups is 1. The summed E-state index contributed by atoms with van der Waals surface area (Å²) >= 11 is 0. The minimum atomic E-state index is 0.110. The van der Waals surface area contributed by atoms with E-state index in [0.29, 0.717) is 18.9 Å². The molecular weight excluding hydrogens is 410 g/mol. The molecule has 5 nitrogen and oxygen atoms in total. The first kappa shape index (κ1) is 23.5. The van der Waals surface area contributed by atoms with Crippen LogP contribution in [0.3, 0.4) is 0 Å². The summed E-state index contributed by atoms with van der Waals surface area (Å²) < 4.78 is 0. The van der Waals surface area contributed by atoms with Gasteiger partial charge in [0.05, 0.1) is 13.0 Å². The van der Waals surface area contributed by atoms with E-state index < -0.39 is 0 Å². The third-order valence-electron chi connectivity index (χ3n) is 6.82. The minimum absolute atomic E-state index is 0.110. The van der Waals surface area contributed by atoms with Gasteiger partial charge in [-0.05, 0) is 55.1 Å². The molecule has 2 fully saturated rings. The molecule has 0 radical (unpaired) electrons. The largest absolute Gasteiger partial charge is 0.395 e. The van der Waals surface area contributed by atoms with Crippen LogP contribution in [0.1, 0.15) is 55.8 Å². The Morgan fingerprint density at radius 2 is 1.94 bits per heavy atom. The molecule has 2 aliphatic heterocycles. The summed E-state index contributed by atoms with van der Waals surface area (Å²) in [6.45, 7) is 6.95. The normalized spacial score (nSPS) is 23.0. The molecule has 1 amide bonds. The van der Waals surface area contributed by atoms with Crippen molar-refractivity contribution < 1.29 is 9.90 Å². The average molecular weight is 446 g/mol. The van der Waals surface area contributed by atoms with Crippen LogP contribution in [0.4, 0.5) is 0 Å². The summed E-state index contributed by atoms with van der Waals surface area (Å²) in [5.41, 5.74) is 3.07. The van der Waals surface area contributed by atoms with Crippen molar-refractivity contribution in [3.05, 3.63) is 65.5 Å². The van der Waals surface area contributed by atoms with Crippen LogP contribution in [0.5, 0.6) is 0 Å². The topological polar surface area (TPSA) is 56.7 Å². The molecule has 0 spiro atoms. The number of fused-ring (bicyclic) bond motifs is 1. The Morgan fingerprint density at radius 3 is 2.64 bits per heavy atom. The van der Waals surface area contributed by atoms with Gasteiger partial charge in [0.25, 0.3) is 0 Å². The van der Waals surface area contributed by atoms with E-state index >= 15 is 0 Å². The SMILES string of the molecule is CC(C)CC#Cc1ccc([C@H]2[C@H](CO)N3CCCCN(C(=O)Cc4ccccn4)C[C@@H]23)cc1.